The summed E-state index contributed by atoms with van der Waals surface area (Å²) < 4.78 is 8.15. The van der Waals surface area contributed by atoms with Gasteiger partial charge in [-0.05, 0) is 48.9 Å². The molecule has 1 aliphatic rings. The topological polar surface area (TPSA) is 128 Å². The van der Waals surface area contributed by atoms with Gasteiger partial charge in [0.05, 0.1) is 6.20 Å². The van der Waals surface area contributed by atoms with Gasteiger partial charge in [-0.2, -0.15) is 4.98 Å². The Morgan fingerprint density at radius 2 is 1.91 bits per heavy atom. The third kappa shape index (κ3) is 5.30. The molecule has 11 heteroatoms. The van der Waals surface area contributed by atoms with E-state index in [0.29, 0.717) is 29.8 Å². The lowest BCUT2D eigenvalue weighted by atomic mass is 9.83. The first-order valence-electron chi connectivity index (χ1n) is 10.7. The fourth-order valence-corrected chi connectivity index (χ4v) is 4.47. The van der Waals surface area contributed by atoms with Crippen molar-refractivity contribution in [1.82, 2.24) is 19.1 Å². The fourth-order valence-electron chi connectivity index (χ4n) is 3.85. The molecule has 1 fully saturated rings. The fraction of sp³-hybridized carbons (Fsp3) is 0.409. The van der Waals surface area contributed by atoms with Gasteiger partial charge in [0.1, 0.15) is 10.6 Å². The van der Waals surface area contributed by atoms with Crippen molar-refractivity contribution in [3.8, 4) is 10.9 Å². The highest BCUT2D eigenvalue weighted by Gasteiger charge is 2.21. The number of aromatic nitrogens is 4. The molecule has 0 atom stereocenters. The molecule has 0 saturated heterocycles. The molecule has 0 amide bonds. The maximum Gasteiger partial charge on any atom is 0.354 e. The largest absolute Gasteiger partial charge is 0.477 e. The Hall–Kier alpha value is -3.47. The van der Waals surface area contributed by atoms with Crippen LogP contribution in [0.15, 0.2) is 40.1 Å². The summed E-state index contributed by atoms with van der Waals surface area (Å²) in [6, 6.07) is 6.79. The first kappa shape index (κ1) is 22.7. The van der Waals surface area contributed by atoms with Crippen molar-refractivity contribution in [3.63, 3.8) is 0 Å². The van der Waals surface area contributed by atoms with Crippen LogP contribution in [0.4, 0.5) is 11.6 Å². The van der Waals surface area contributed by atoms with Gasteiger partial charge < -0.3 is 15.2 Å². The monoisotopic (exact) mass is 471 g/mol. The van der Waals surface area contributed by atoms with E-state index < -0.39 is 17.3 Å². The van der Waals surface area contributed by atoms with Gasteiger partial charge in [0.2, 0.25) is 5.95 Å². The molecule has 0 spiro atoms. The predicted octanol–water partition coefficient (Wildman–Crippen LogP) is 3.46. The van der Waals surface area contributed by atoms with Gasteiger partial charge in [-0.25, -0.2) is 23.9 Å². The Kier molecular flexibility index (Phi) is 6.59. The minimum Gasteiger partial charge on any atom is -0.477 e. The molecule has 4 rings (SSSR count). The molecule has 0 unspecified atom stereocenters. The number of anilines is 2. The highest BCUT2D eigenvalue weighted by atomic mass is 32.1. The molecule has 33 heavy (non-hydrogen) atoms. The van der Waals surface area contributed by atoms with Gasteiger partial charge in [-0.3, -0.25) is 4.57 Å². The Morgan fingerprint density at radius 1 is 1.21 bits per heavy atom. The zero-order valence-corrected chi connectivity index (χ0v) is 19.2. The predicted molar refractivity (Wildman–Crippen MR) is 124 cm³/mol. The van der Waals surface area contributed by atoms with E-state index in [-0.39, 0.29) is 16.0 Å². The van der Waals surface area contributed by atoms with Gasteiger partial charge >= 0.3 is 17.3 Å². The van der Waals surface area contributed by atoms with Crippen LogP contribution in [-0.2, 0) is 13.6 Å². The second kappa shape index (κ2) is 9.57. The number of benzene rings is 1. The van der Waals surface area contributed by atoms with E-state index in [0.717, 1.165) is 41.6 Å². The van der Waals surface area contributed by atoms with Gasteiger partial charge in [-0.1, -0.05) is 31.1 Å². The van der Waals surface area contributed by atoms with Crippen LogP contribution < -0.4 is 21.4 Å². The van der Waals surface area contributed by atoms with Crippen molar-refractivity contribution in [1.29, 1.82) is 0 Å². The van der Waals surface area contributed by atoms with Gasteiger partial charge in [-0.15, -0.1) is 0 Å². The summed E-state index contributed by atoms with van der Waals surface area (Å²) >= 11 is 0.932. The quantitative estimate of drug-likeness (QED) is 0.536. The number of carbonyl (C=O) groups is 1. The molecule has 1 aliphatic carbocycles. The zero-order chi connectivity index (χ0) is 23.5. The van der Waals surface area contributed by atoms with Gasteiger partial charge in [0.15, 0.2) is 0 Å². The SMILES string of the molecule is CC1CCC(Cn2c(Nc3ccc(Oc4ncc(C(=O)O)s4)cc3)nc(=O)n(C)c2=O)CC1. The lowest BCUT2D eigenvalue weighted by Gasteiger charge is -2.27. The summed E-state index contributed by atoms with van der Waals surface area (Å²) in [6.07, 6.45) is 5.60. The molecule has 1 saturated carbocycles. The number of ether oxygens (including phenoxy) is 1. The van der Waals surface area contributed by atoms with E-state index in [2.05, 4.69) is 22.2 Å². The first-order chi connectivity index (χ1) is 15.8. The number of nitrogens with zero attached hydrogens (tertiary/aromatic N) is 4. The van der Waals surface area contributed by atoms with Crippen LogP contribution in [-0.4, -0.2) is 30.2 Å². The molecular formula is C22H25N5O5S. The van der Waals surface area contributed by atoms with Crippen LogP contribution in [0.25, 0.3) is 0 Å². The summed E-state index contributed by atoms with van der Waals surface area (Å²) in [5, 5.41) is 12.3. The Bertz CT molecular complexity index is 1260. The second-order valence-corrected chi connectivity index (χ2v) is 9.34. The highest BCUT2D eigenvalue weighted by Crippen LogP contribution is 2.30. The zero-order valence-electron chi connectivity index (χ0n) is 18.4. The molecule has 2 heterocycles. The lowest BCUT2D eigenvalue weighted by Crippen LogP contribution is -2.42. The number of hydrogen-bond acceptors (Lipinski definition) is 8. The molecule has 174 valence electrons. The smallest absolute Gasteiger partial charge is 0.354 e. The van der Waals surface area contributed by atoms with Crippen molar-refractivity contribution in [2.75, 3.05) is 5.32 Å². The van der Waals surface area contributed by atoms with E-state index >= 15 is 0 Å². The molecule has 0 bridgehead atoms. The minimum atomic E-state index is -1.06. The molecule has 10 nitrogen and oxygen atoms in total. The maximum atomic E-state index is 12.8. The molecular weight excluding hydrogens is 446 g/mol. The van der Waals surface area contributed by atoms with Crippen LogP contribution >= 0.6 is 11.3 Å². The van der Waals surface area contributed by atoms with Crippen LogP contribution in [0.5, 0.6) is 10.9 Å². The number of aromatic carboxylic acids is 1. The molecule has 1 aromatic carbocycles. The molecule has 0 radical (unpaired) electrons. The Morgan fingerprint density at radius 3 is 2.55 bits per heavy atom. The average molecular weight is 472 g/mol. The van der Waals surface area contributed by atoms with E-state index in [4.69, 9.17) is 9.84 Å². The summed E-state index contributed by atoms with van der Waals surface area (Å²) in [4.78, 5) is 44.1. The van der Waals surface area contributed by atoms with E-state index in [9.17, 15) is 14.4 Å². The number of rotatable bonds is 7. The summed E-state index contributed by atoms with van der Waals surface area (Å²) in [7, 11) is 1.43. The summed E-state index contributed by atoms with van der Waals surface area (Å²) in [5.74, 6) is 0.689. The molecule has 3 aromatic rings. The van der Waals surface area contributed by atoms with Crippen LogP contribution in [0, 0.1) is 11.8 Å². The first-order valence-corrected chi connectivity index (χ1v) is 11.5. The number of hydrogen-bond donors (Lipinski definition) is 2. The van der Waals surface area contributed by atoms with E-state index in [1.54, 1.807) is 24.3 Å². The van der Waals surface area contributed by atoms with E-state index in [1.165, 1.54) is 17.8 Å². The van der Waals surface area contributed by atoms with Crippen LogP contribution in [0.2, 0.25) is 0 Å². The van der Waals surface area contributed by atoms with Crippen molar-refractivity contribution in [2.24, 2.45) is 18.9 Å². The molecule has 0 aliphatic heterocycles. The second-order valence-electron chi connectivity index (χ2n) is 8.34. The number of nitrogens with one attached hydrogen (secondary N) is 1. The van der Waals surface area contributed by atoms with Crippen molar-refractivity contribution in [3.05, 3.63) is 56.3 Å². The van der Waals surface area contributed by atoms with Crippen molar-refractivity contribution < 1.29 is 14.6 Å². The molecule has 2 aromatic heterocycles. The van der Waals surface area contributed by atoms with Crippen LogP contribution in [0.3, 0.4) is 0 Å². The van der Waals surface area contributed by atoms with Gasteiger partial charge in [0, 0.05) is 19.3 Å². The third-order valence-electron chi connectivity index (χ3n) is 5.85. The normalized spacial score (nSPS) is 18.1. The summed E-state index contributed by atoms with van der Waals surface area (Å²) in [6.45, 7) is 2.75. The average Bonchev–Trinajstić information content (AvgIpc) is 3.26. The van der Waals surface area contributed by atoms with Crippen molar-refractivity contribution >= 4 is 28.9 Å². The van der Waals surface area contributed by atoms with Crippen LogP contribution in [0.1, 0.15) is 42.3 Å². The number of carboxylic acid groups (broad SMARTS) is 1. The minimum absolute atomic E-state index is 0.0883. The molecule has 2 N–H and O–H groups in total. The van der Waals surface area contributed by atoms with Gasteiger partial charge in [0.25, 0.3) is 5.19 Å². The van der Waals surface area contributed by atoms with E-state index in [1.807, 2.05) is 0 Å². The Labute approximate surface area is 193 Å². The highest BCUT2D eigenvalue weighted by molar-refractivity contribution is 7.15. The lowest BCUT2D eigenvalue weighted by molar-refractivity contribution is 0.0702. The summed E-state index contributed by atoms with van der Waals surface area (Å²) in [5.41, 5.74) is -0.387. The third-order valence-corrected chi connectivity index (χ3v) is 6.71. The number of thiazole rings is 1. The number of carboxylic acids is 1. The van der Waals surface area contributed by atoms with Crippen molar-refractivity contribution in [2.45, 2.75) is 39.2 Å². The standard InChI is InChI=1S/C22H25N5O5S/c1-13-3-5-14(6-4-13)12-27-19(25-20(30)26(2)22(27)31)24-15-7-9-16(10-8-15)32-21-23-11-17(33-21)18(28)29/h7-11,13-14H,3-6,12H2,1-2H3,(H,28,29)(H,24,25,30). The maximum absolute atomic E-state index is 12.8. The Balaban J connectivity index is 1.52.